The highest BCUT2D eigenvalue weighted by Crippen LogP contribution is 2.16. The molecular weight excluding hydrogens is 302 g/mol. The maximum absolute atomic E-state index is 10.5. The van der Waals surface area contributed by atoms with E-state index in [9.17, 15) is 19.7 Å². The van der Waals surface area contributed by atoms with Crippen molar-refractivity contribution in [2.75, 3.05) is 0 Å². The van der Waals surface area contributed by atoms with Gasteiger partial charge in [0.2, 0.25) is 0 Å². The highest BCUT2D eigenvalue weighted by atomic mass is 16.6. The van der Waals surface area contributed by atoms with Gasteiger partial charge in [-0.05, 0) is 37.1 Å². The van der Waals surface area contributed by atoms with Gasteiger partial charge in [0.1, 0.15) is 0 Å². The number of aromatic carboxylic acids is 2. The van der Waals surface area contributed by atoms with Crippen LogP contribution in [0.4, 0.5) is 5.69 Å². The summed E-state index contributed by atoms with van der Waals surface area (Å²) in [5.41, 5.74) is 1.56. The molecule has 120 valence electrons. The fourth-order valence-corrected chi connectivity index (χ4v) is 1.81. The molecule has 0 heterocycles. The first kappa shape index (κ1) is 17.8. The quantitative estimate of drug-likeness (QED) is 0.662. The molecule has 2 aromatic rings. The van der Waals surface area contributed by atoms with E-state index in [2.05, 4.69) is 0 Å². The van der Waals surface area contributed by atoms with E-state index in [1.54, 1.807) is 25.1 Å². The van der Waals surface area contributed by atoms with Crippen molar-refractivity contribution in [1.29, 1.82) is 0 Å². The number of nitro groups is 1. The molecule has 0 aromatic heterocycles. The van der Waals surface area contributed by atoms with Crippen LogP contribution in [0.25, 0.3) is 0 Å². The Morgan fingerprint density at radius 2 is 1.43 bits per heavy atom. The summed E-state index contributed by atoms with van der Waals surface area (Å²) in [6, 6.07) is 10.6. The lowest BCUT2D eigenvalue weighted by Gasteiger charge is -1.98. The first-order chi connectivity index (χ1) is 10.7. The summed E-state index contributed by atoms with van der Waals surface area (Å²) in [5.74, 6) is -1.94. The summed E-state index contributed by atoms with van der Waals surface area (Å²) in [6.45, 7) is 3.31. The molecule has 7 heteroatoms. The van der Waals surface area contributed by atoms with Crippen LogP contribution in [0.2, 0.25) is 0 Å². The van der Waals surface area contributed by atoms with E-state index in [1.165, 1.54) is 25.1 Å². The van der Waals surface area contributed by atoms with E-state index in [0.717, 1.165) is 5.56 Å². The van der Waals surface area contributed by atoms with Crippen molar-refractivity contribution >= 4 is 17.6 Å². The molecule has 0 unspecified atom stereocenters. The third kappa shape index (κ3) is 4.92. The van der Waals surface area contributed by atoms with Crippen LogP contribution in [0.1, 0.15) is 31.8 Å². The zero-order chi connectivity index (χ0) is 17.6. The molecule has 0 atom stereocenters. The molecule has 0 radical (unpaired) electrons. The lowest BCUT2D eigenvalue weighted by atomic mass is 10.1. The van der Waals surface area contributed by atoms with Gasteiger partial charge < -0.3 is 10.2 Å². The second-order valence-electron chi connectivity index (χ2n) is 4.68. The Morgan fingerprint density at radius 1 is 0.913 bits per heavy atom. The molecule has 0 saturated carbocycles. The van der Waals surface area contributed by atoms with E-state index >= 15 is 0 Å². The number of nitrogens with zero attached hydrogens (tertiary/aromatic N) is 1. The molecule has 2 aromatic carbocycles. The zero-order valence-electron chi connectivity index (χ0n) is 12.5. The van der Waals surface area contributed by atoms with E-state index in [1.807, 2.05) is 6.07 Å². The van der Waals surface area contributed by atoms with E-state index < -0.39 is 16.9 Å². The molecular formula is C16H15NO6. The molecule has 7 nitrogen and oxygen atoms in total. The molecule has 0 bridgehead atoms. The first-order valence-corrected chi connectivity index (χ1v) is 6.51. The lowest BCUT2D eigenvalue weighted by molar-refractivity contribution is -0.384. The summed E-state index contributed by atoms with van der Waals surface area (Å²) in [5, 5.41) is 27.5. The molecule has 2 N–H and O–H groups in total. The number of hydrogen-bond acceptors (Lipinski definition) is 4. The van der Waals surface area contributed by atoms with Crippen LogP contribution in [-0.4, -0.2) is 27.1 Å². The molecule has 0 aliphatic heterocycles. The van der Waals surface area contributed by atoms with Crippen LogP contribution in [0.3, 0.4) is 0 Å². The maximum Gasteiger partial charge on any atom is 0.335 e. The van der Waals surface area contributed by atoms with Crippen molar-refractivity contribution in [3.63, 3.8) is 0 Å². The van der Waals surface area contributed by atoms with Crippen molar-refractivity contribution < 1.29 is 24.7 Å². The molecule has 0 spiro atoms. The summed E-state index contributed by atoms with van der Waals surface area (Å²) >= 11 is 0. The van der Waals surface area contributed by atoms with Crippen molar-refractivity contribution in [1.82, 2.24) is 0 Å². The Morgan fingerprint density at radius 3 is 1.83 bits per heavy atom. The molecule has 0 saturated heterocycles. The predicted octanol–water partition coefficient (Wildman–Crippen LogP) is 3.29. The molecule has 23 heavy (non-hydrogen) atoms. The number of rotatable bonds is 3. The minimum atomic E-state index is -1.08. The average molecular weight is 317 g/mol. The minimum Gasteiger partial charge on any atom is -0.478 e. The van der Waals surface area contributed by atoms with Crippen LogP contribution in [-0.2, 0) is 0 Å². The molecule has 2 rings (SSSR count). The molecule has 0 amide bonds. The number of non-ortho nitro benzene ring substituents is 1. The number of aryl methyl sites for hydroxylation is 2. The second kappa shape index (κ2) is 7.69. The maximum atomic E-state index is 10.5. The Bertz CT molecular complexity index is 754. The number of benzene rings is 2. The normalized spacial score (nSPS) is 9.48. The van der Waals surface area contributed by atoms with Gasteiger partial charge in [0.15, 0.2) is 0 Å². The van der Waals surface area contributed by atoms with Crippen LogP contribution in [0, 0.1) is 24.0 Å². The van der Waals surface area contributed by atoms with Crippen LogP contribution >= 0.6 is 0 Å². The summed E-state index contributed by atoms with van der Waals surface area (Å²) in [6.07, 6.45) is 0. The minimum absolute atomic E-state index is 0.0885. The van der Waals surface area contributed by atoms with Crippen LogP contribution in [0.5, 0.6) is 0 Å². The topological polar surface area (TPSA) is 118 Å². The SMILES string of the molecule is Cc1cc([N+](=O)[O-])ccc1C(=O)O.Cc1ccccc1C(=O)O. The zero-order valence-corrected chi connectivity index (χ0v) is 12.5. The standard InChI is InChI=1S/C8H7NO4.C8H8O2/c1-5-4-6(9(12)13)2-3-7(5)8(10)11;1-6-4-2-3-5-7(6)8(9)10/h2-4H,1H3,(H,10,11);2-5H,1H3,(H,9,10). The van der Waals surface area contributed by atoms with E-state index in [-0.39, 0.29) is 11.3 Å². The number of carbonyl (C=O) groups is 2. The predicted molar refractivity (Wildman–Crippen MR) is 82.9 cm³/mol. The van der Waals surface area contributed by atoms with Gasteiger partial charge in [-0.25, -0.2) is 9.59 Å². The number of carboxylic acid groups (broad SMARTS) is 2. The van der Waals surface area contributed by atoms with Gasteiger partial charge in [0.25, 0.3) is 5.69 Å². The van der Waals surface area contributed by atoms with Gasteiger partial charge in [-0.15, -0.1) is 0 Å². The van der Waals surface area contributed by atoms with Crippen molar-refractivity contribution in [3.8, 4) is 0 Å². The van der Waals surface area contributed by atoms with Crippen molar-refractivity contribution in [2.45, 2.75) is 13.8 Å². The third-order valence-electron chi connectivity index (χ3n) is 3.03. The number of carboxylic acids is 2. The van der Waals surface area contributed by atoms with E-state index in [4.69, 9.17) is 10.2 Å². The van der Waals surface area contributed by atoms with Gasteiger partial charge in [0, 0.05) is 12.1 Å². The summed E-state index contributed by atoms with van der Waals surface area (Å²) in [7, 11) is 0. The first-order valence-electron chi connectivity index (χ1n) is 6.51. The Hall–Kier alpha value is -3.22. The smallest absolute Gasteiger partial charge is 0.335 e. The third-order valence-corrected chi connectivity index (χ3v) is 3.03. The molecule has 0 aliphatic rings. The highest BCUT2D eigenvalue weighted by Gasteiger charge is 2.11. The van der Waals surface area contributed by atoms with Crippen LogP contribution in [0.15, 0.2) is 42.5 Å². The largest absolute Gasteiger partial charge is 0.478 e. The average Bonchev–Trinajstić information content (AvgIpc) is 2.47. The van der Waals surface area contributed by atoms with Gasteiger partial charge >= 0.3 is 11.9 Å². The van der Waals surface area contributed by atoms with Crippen molar-refractivity contribution in [3.05, 3.63) is 74.8 Å². The van der Waals surface area contributed by atoms with Gasteiger partial charge in [-0.1, -0.05) is 18.2 Å². The van der Waals surface area contributed by atoms with Crippen molar-refractivity contribution in [2.24, 2.45) is 0 Å². The number of nitro benzene ring substituents is 1. The Labute approximate surface area is 132 Å². The van der Waals surface area contributed by atoms with Gasteiger partial charge in [0.05, 0.1) is 16.1 Å². The van der Waals surface area contributed by atoms with Crippen LogP contribution < -0.4 is 0 Å². The fourth-order valence-electron chi connectivity index (χ4n) is 1.81. The highest BCUT2D eigenvalue weighted by molar-refractivity contribution is 5.89. The lowest BCUT2D eigenvalue weighted by Crippen LogP contribution is -2.00. The van der Waals surface area contributed by atoms with Gasteiger partial charge in [-0.3, -0.25) is 10.1 Å². The van der Waals surface area contributed by atoms with Gasteiger partial charge in [-0.2, -0.15) is 0 Å². The Kier molecular flexibility index (Phi) is 5.96. The number of hydrogen-bond donors (Lipinski definition) is 2. The summed E-state index contributed by atoms with van der Waals surface area (Å²) in [4.78, 5) is 30.7. The monoisotopic (exact) mass is 317 g/mol. The Balaban J connectivity index is 0.000000238. The fraction of sp³-hybridized carbons (Fsp3) is 0.125. The second-order valence-corrected chi connectivity index (χ2v) is 4.68. The molecule has 0 fully saturated rings. The molecule has 0 aliphatic carbocycles. The summed E-state index contributed by atoms with van der Waals surface area (Å²) < 4.78 is 0. The van der Waals surface area contributed by atoms with E-state index in [0.29, 0.717) is 11.1 Å².